The van der Waals surface area contributed by atoms with Crippen LogP contribution in [0.2, 0.25) is 0 Å². The number of nitrogens with zero attached hydrogens (tertiary/aromatic N) is 3. The zero-order chi connectivity index (χ0) is 17.6. The van der Waals surface area contributed by atoms with Crippen LogP contribution in [0.5, 0.6) is 0 Å². The fraction of sp³-hybridized carbons (Fsp3) is 0.350. The van der Waals surface area contributed by atoms with Crippen LogP contribution >= 0.6 is 0 Å². The van der Waals surface area contributed by atoms with Gasteiger partial charge in [-0.2, -0.15) is 0 Å². The second-order valence-electron chi connectivity index (χ2n) is 6.54. The number of likely N-dealkylation sites (N-methyl/N-ethyl adjacent to an activating group) is 1. The highest BCUT2D eigenvalue weighted by Crippen LogP contribution is 2.11. The third-order valence-electron chi connectivity index (χ3n) is 4.11. The summed E-state index contributed by atoms with van der Waals surface area (Å²) < 4.78 is 7.71. The average Bonchev–Trinajstić information content (AvgIpc) is 2.98. The maximum atomic E-state index is 10.2. The largest absolute Gasteiger partial charge is 0.389 e. The fourth-order valence-electron chi connectivity index (χ4n) is 2.89. The number of rotatable bonds is 8. The first-order valence-corrected chi connectivity index (χ1v) is 8.52. The minimum atomic E-state index is -0.519. The van der Waals surface area contributed by atoms with E-state index in [1.807, 2.05) is 49.6 Å². The van der Waals surface area contributed by atoms with Crippen molar-refractivity contribution in [3.8, 4) is 0 Å². The van der Waals surface area contributed by atoms with E-state index in [0.717, 1.165) is 23.4 Å². The quantitative estimate of drug-likeness (QED) is 0.685. The van der Waals surface area contributed by atoms with Crippen molar-refractivity contribution >= 4 is 5.65 Å². The van der Waals surface area contributed by atoms with E-state index in [1.165, 1.54) is 5.56 Å². The number of hydrogen-bond donors (Lipinski definition) is 1. The molecule has 5 heteroatoms. The first-order valence-electron chi connectivity index (χ1n) is 8.52. The summed E-state index contributed by atoms with van der Waals surface area (Å²) in [5, 5.41) is 10.2. The Labute approximate surface area is 148 Å². The van der Waals surface area contributed by atoms with Crippen LogP contribution in [0.3, 0.4) is 0 Å². The van der Waals surface area contributed by atoms with Gasteiger partial charge in [0, 0.05) is 19.3 Å². The van der Waals surface area contributed by atoms with E-state index in [0.29, 0.717) is 19.8 Å². The highest BCUT2D eigenvalue weighted by molar-refractivity contribution is 5.41. The summed E-state index contributed by atoms with van der Waals surface area (Å²) in [7, 11) is 2.00. The summed E-state index contributed by atoms with van der Waals surface area (Å²) in [5.74, 6) is 0. The summed E-state index contributed by atoms with van der Waals surface area (Å²) >= 11 is 0. The van der Waals surface area contributed by atoms with Gasteiger partial charge >= 0.3 is 0 Å². The lowest BCUT2D eigenvalue weighted by Gasteiger charge is -2.20. The van der Waals surface area contributed by atoms with Crippen molar-refractivity contribution in [2.24, 2.45) is 0 Å². The summed E-state index contributed by atoms with van der Waals surface area (Å²) in [5.41, 5.74) is 4.37. The van der Waals surface area contributed by atoms with Crippen molar-refractivity contribution in [1.29, 1.82) is 0 Å². The monoisotopic (exact) mass is 339 g/mol. The lowest BCUT2D eigenvalue weighted by molar-refractivity contribution is 0.0125. The molecule has 0 fully saturated rings. The van der Waals surface area contributed by atoms with Crippen molar-refractivity contribution in [2.45, 2.75) is 26.2 Å². The lowest BCUT2D eigenvalue weighted by Crippen LogP contribution is -2.32. The van der Waals surface area contributed by atoms with Gasteiger partial charge in [0.05, 0.1) is 31.2 Å². The Balaban J connectivity index is 1.48. The number of benzene rings is 1. The van der Waals surface area contributed by atoms with Crippen molar-refractivity contribution in [2.75, 3.05) is 20.2 Å². The Morgan fingerprint density at radius 1 is 1.20 bits per heavy atom. The molecule has 1 unspecified atom stereocenters. The molecule has 3 aromatic rings. The van der Waals surface area contributed by atoms with Crippen LogP contribution in [0.15, 0.2) is 54.9 Å². The molecule has 1 N–H and O–H groups in total. The molecule has 0 saturated carbocycles. The van der Waals surface area contributed by atoms with Gasteiger partial charge in [-0.15, -0.1) is 0 Å². The molecule has 0 amide bonds. The zero-order valence-corrected chi connectivity index (χ0v) is 14.8. The molecular weight excluding hydrogens is 314 g/mol. The number of pyridine rings is 1. The van der Waals surface area contributed by atoms with Gasteiger partial charge in [-0.05, 0) is 31.2 Å². The molecule has 0 saturated heterocycles. The van der Waals surface area contributed by atoms with E-state index in [4.69, 9.17) is 4.74 Å². The molecule has 5 nitrogen and oxygen atoms in total. The van der Waals surface area contributed by atoms with Crippen LogP contribution < -0.4 is 0 Å². The lowest BCUT2D eigenvalue weighted by atomic mass is 10.2. The Morgan fingerprint density at radius 2 is 2.00 bits per heavy atom. The van der Waals surface area contributed by atoms with Crippen LogP contribution in [0.4, 0.5) is 0 Å². The number of fused-ring (bicyclic) bond motifs is 1. The highest BCUT2D eigenvalue weighted by atomic mass is 16.5. The molecular formula is C20H25N3O2. The number of hydrogen-bond acceptors (Lipinski definition) is 4. The molecule has 0 aliphatic heterocycles. The zero-order valence-electron chi connectivity index (χ0n) is 14.8. The number of aromatic nitrogens is 2. The van der Waals surface area contributed by atoms with Crippen LogP contribution in [-0.4, -0.2) is 45.7 Å². The molecule has 0 radical (unpaired) electrons. The highest BCUT2D eigenvalue weighted by Gasteiger charge is 2.11. The van der Waals surface area contributed by atoms with Crippen molar-refractivity contribution in [3.05, 3.63) is 71.7 Å². The van der Waals surface area contributed by atoms with Crippen LogP contribution in [0.1, 0.15) is 16.8 Å². The topological polar surface area (TPSA) is 50.0 Å². The van der Waals surface area contributed by atoms with E-state index in [1.54, 1.807) is 0 Å². The summed E-state index contributed by atoms with van der Waals surface area (Å²) in [6.07, 6.45) is 3.46. The number of aliphatic hydroxyl groups is 1. The van der Waals surface area contributed by atoms with Gasteiger partial charge in [-0.25, -0.2) is 4.98 Å². The third kappa shape index (κ3) is 4.89. The average molecular weight is 339 g/mol. The Bertz CT molecular complexity index is 801. The molecule has 1 aromatic carbocycles. The smallest absolute Gasteiger partial charge is 0.136 e. The molecule has 0 spiro atoms. The fourth-order valence-corrected chi connectivity index (χ4v) is 2.89. The third-order valence-corrected chi connectivity index (χ3v) is 4.11. The number of aryl methyl sites for hydroxylation is 1. The molecule has 0 aliphatic carbocycles. The van der Waals surface area contributed by atoms with E-state index < -0.39 is 6.10 Å². The minimum absolute atomic E-state index is 0.325. The van der Waals surface area contributed by atoms with Gasteiger partial charge in [0.25, 0.3) is 0 Å². The normalized spacial score (nSPS) is 12.8. The summed E-state index contributed by atoms with van der Waals surface area (Å²) in [6, 6.07) is 14.1. The first kappa shape index (κ1) is 17.6. The van der Waals surface area contributed by atoms with Crippen LogP contribution in [-0.2, 0) is 17.9 Å². The predicted molar refractivity (Wildman–Crippen MR) is 98.4 cm³/mol. The first-order chi connectivity index (χ1) is 12.1. The summed E-state index contributed by atoms with van der Waals surface area (Å²) in [6.45, 7) is 4.19. The van der Waals surface area contributed by atoms with Gasteiger partial charge in [0.2, 0.25) is 0 Å². The van der Waals surface area contributed by atoms with Crippen molar-refractivity contribution < 1.29 is 9.84 Å². The van der Waals surface area contributed by atoms with Gasteiger partial charge in [0.1, 0.15) is 5.65 Å². The Hall–Kier alpha value is -2.21. The molecule has 132 valence electrons. The molecule has 2 aromatic heterocycles. The Kier molecular flexibility index (Phi) is 5.81. The van der Waals surface area contributed by atoms with Crippen LogP contribution in [0.25, 0.3) is 5.65 Å². The molecule has 0 bridgehead atoms. The molecule has 3 rings (SSSR count). The maximum absolute atomic E-state index is 10.2. The van der Waals surface area contributed by atoms with E-state index in [2.05, 4.69) is 33.5 Å². The molecule has 2 heterocycles. The minimum Gasteiger partial charge on any atom is -0.389 e. The SMILES string of the molecule is Cc1ccc2ncc(CN(C)CC(O)COCc3ccccc3)n2c1. The van der Waals surface area contributed by atoms with Crippen molar-refractivity contribution in [1.82, 2.24) is 14.3 Å². The Morgan fingerprint density at radius 3 is 2.80 bits per heavy atom. The maximum Gasteiger partial charge on any atom is 0.136 e. The van der Waals surface area contributed by atoms with Crippen LogP contribution in [0, 0.1) is 6.92 Å². The van der Waals surface area contributed by atoms with Gasteiger partial charge in [-0.1, -0.05) is 36.4 Å². The summed E-state index contributed by atoms with van der Waals surface area (Å²) in [4.78, 5) is 6.51. The second-order valence-corrected chi connectivity index (χ2v) is 6.54. The molecule has 0 aliphatic rings. The predicted octanol–water partition coefficient (Wildman–Crippen LogP) is 2.65. The number of imidazole rings is 1. The second kappa shape index (κ2) is 8.25. The van der Waals surface area contributed by atoms with E-state index in [-0.39, 0.29) is 0 Å². The number of aliphatic hydroxyl groups excluding tert-OH is 1. The van der Waals surface area contributed by atoms with Crippen molar-refractivity contribution in [3.63, 3.8) is 0 Å². The van der Waals surface area contributed by atoms with E-state index >= 15 is 0 Å². The van der Waals surface area contributed by atoms with Gasteiger partial charge in [-0.3, -0.25) is 4.90 Å². The van der Waals surface area contributed by atoms with Gasteiger partial charge in [0.15, 0.2) is 0 Å². The number of ether oxygens (including phenoxy) is 1. The molecule has 1 atom stereocenters. The molecule has 25 heavy (non-hydrogen) atoms. The standard InChI is InChI=1S/C20H25N3O2/c1-16-8-9-20-21-10-18(23(20)11-16)12-22(2)13-19(24)15-25-14-17-6-4-3-5-7-17/h3-11,19,24H,12-15H2,1-2H3. The van der Waals surface area contributed by atoms with Gasteiger partial charge < -0.3 is 14.2 Å². The van der Waals surface area contributed by atoms with E-state index in [9.17, 15) is 5.11 Å².